The lowest BCUT2D eigenvalue weighted by molar-refractivity contribution is -0.118. The number of carbonyl (C=O) groups excluding carboxylic acids is 1. The van der Waals surface area contributed by atoms with Crippen LogP contribution in [0.5, 0.6) is 0 Å². The number of nitrogens with zero attached hydrogens (tertiary/aromatic N) is 2. The quantitative estimate of drug-likeness (QED) is 0.348. The lowest BCUT2D eigenvalue weighted by atomic mass is 10.1. The van der Waals surface area contributed by atoms with Crippen molar-refractivity contribution in [1.82, 2.24) is 4.98 Å². The van der Waals surface area contributed by atoms with E-state index in [9.17, 15) is 21.6 Å². The molecular formula is C23H22N2O6S3. The van der Waals surface area contributed by atoms with Crippen molar-refractivity contribution in [3.05, 3.63) is 72.2 Å². The van der Waals surface area contributed by atoms with Gasteiger partial charge in [0, 0.05) is 6.26 Å². The molecule has 0 N–H and O–H groups in total. The van der Waals surface area contributed by atoms with Crippen LogP contribution in [0.1, 0.15) is 18.2 Å². The van der Waals surface area contributed by atoms with Gasteiger partial charge in [0.2, 0.25) is 5.91 Å². The van der Waals surface area contributed by atoms with Gasteiger partial charge in [0.15, 0.2) is 24.8 Å². The van der Waals surface area contributed by atoms with Gasteiger partial charge in [0.1, 0.15) is 5.76 Å². The molecule has 34 heavy (non-hydrogen) atoms. The molecule has 178 valence electrons. The number of sulfone groups is 2. The Morgan fingerprint density at radius 1 is 1.03 bits per heavy atom. The van der Waals surface area contributed by atoms with Crippen LogP contribution in [0.25, 0.3) is 10.2 Å². The molecule has 0 radical (unpaired) electrons. The van der Waals surface area contributed by atoms with Gasteiger partial charge in [0.25, 0.3) is 0 Å². The Labute approximate surface area is 201 Å². The second-order valence-corrected chi connectivity index (χ2v) is 13.0. The van der Waals surface area contributed by atoms with Crippen molar-refractivity contribution in [3.8, 4) is 0 Å². The van der Waals surface area contributed by atoms with E-state index in [1.54, 1.807) is 43.3 Å². The van der Waals surface area contributed by atoms with Gasteiger partial charge >= 0.3 is 0 Å². The number of hydrogen-bond acceptors (Lipinski definition) is 8. The number of furan rings is 1. The molecule has 4 rings (SSSR count). The zero-order chi connectivity index (χ0) is 24.5. The Morgan fingerprint density at radius 3 is 2.35 bits per heavy atom. The van der Waals surface area contributed by atoms with Gasteiger partial charge < -0.3 is 4.42 Å². The van der Waals surface area contributed by atoms with E-state index in [2.05, 4.69) is 4.98 Å². The molecular weight excluding hydrogens is 496 g/mol. The van der Waals surface area contributed by atoms with Crippen LogP contribution >= 0.6 is 11.3 Å². The Balaban J connectivity index is 1.65. The molecule has 0 saturated carbocycles. The number of anilines is 1. The number of fused-ring (bicyclic) bond motifs is 1. The number of thiazole rings is 1. The van der Waals surface area contributed by atoms with E-state index in [0.29, 0.717) is 26.7 Å². The number of benzene rings is 2. The molecule has 4 aromatic rings. The average Bonchev–Trinajstić information content (AvgIpc) is 3.46. The maximum Gasteiger partial charge on any atom is 0.233 e. The van der Waals surface area contributed by atoms with Crippen LogP contribution in [0.3, 0.4) is 0 Å². The Bertz CT molecular complexity index is 1540. The van der Waals surface area contributed by atoms with Crippen molar-refractivity contribution in [1.29, 1.82) is 0 Å². The van der Waals surface area contributed by atoms with Crippen LogP contribution in [0.2, 0.25) is 0 Å². The molecule has 2 aromatic carbocycles. The molecule has 0 aliphatic carbocycles. The first-order valence-corrected chi connectivity index (χ1v) is 14.7. The van der Waals surface area contributed by atoms with Gasteiger partial charge in [-0.1, -0.05) is 30.4 Å². The SMILES string of the molecule is CCS(=O)(=O)c1ccc(CC(=O)N(Cc2ccco2)c2nc3ccc(S(C)(=O)=O)cc3s2)cc1. The van der Waals surface area contributed by atoms with Gasteiger partial charge in [-0.15, -0.1) is 0 Å². The molecule has 0 spiro atoms. The number of hydrogen-bond donors (Lipinski definition) is 0. The summed E-state index contributed by atoms with van der Waals surface area (Å²) < 4.78 is 54.0. The van der Waals surface area contributed by atoms with Crippen molar-refractivity contribution in [2.45, 2.75) is 29.7 Å². The number of aromatic nitrogens is 1. The minimum atomic E-state index is -3.38. The summed E-state index contributed by atoms with van der Waals surface area (Å²) in [4.78, 5) is 19.7. The summed E-state index contributed by atoms with van der Waals surface area (Å²) in [5.74, 6) is 0.305. The fourth-order valence-corrected chi connectivity index (χ4v) is 5.94. The first kappa shape index (κ1) is 24.1. The molecule has 0 aliphatic rings. The molecule has 0 unspecified atom stereocenters. The molecule has 11 heteroatoms. The van der Waals surface area contributed by atoms with E-state index in [4.69, 9.17) is 4.42 Å². The highest BCUT2D eigenvalue weighted by molar-refractivity contribution is 7.91. The summed E-state index contributed by atoms with van der Waals surface area (Å²) in [5.41, 5.74) is 1.24. The number of carbonyl (C=O) groups is 1. The van der Waals surface area contributed by atoms with Crippen LogP contribution in [0.15, 0.2) is 75.1 Å². The van der Waals surface area contributed by atoms with E-state index in [-0.39, 0.29) is 34.4 Å². The smallest absolute Gasteiger partial charge is 0.233 e. The number of amides is 1. The van der Waals surface area contributed by atoms with Crippen molar-refractivity contribution >= 4 is 52.3 Å². The van der Waals surface area contributed by atoms with E-state index < -0.39 is 19.7 Å². The highest BCUT2D eigenvalue weighted by atomic mass is 32.2. The summed E-state index contributed by atoms with van der Waals surface area (Å²) in [6.45, 7) is 1.73. The van der Waals surface area contributed by atoms with Crippen molar-refractivity contribution in [3.63, 3.8) is 0 Å². The predicted molar refractivity (Wildman–Crippen MR) is 131 cm³/mol. The Hall–Kier alpha value is -3.02. The second kappa shape index (κ2) is 9.32. The van der Waals surface area contributed by atoms with E-state index in [1.807, 2.05) is 0 Å². The highest BCUT2D eigenvalue weighted by Gasteiger charge is 2.22. The van der Waals surface area contributed by atoms with Crippen molar-refractivity contribution in [2.75, 3.05) is 16.9 Å². The average molecular weight is 519 g/mol. The molecule has 2 aromatic heterocycles. The first-order valence-electron chi connectivity index (χ1n) is 10.3. The van der Waals surface area contributed by atoms with Crippen LogP contribution < -0.4 is 4.90 Å². The molecule has 0 saturated heterocycles. The topological polar surface area (TPSA) is 115 Å². The zero-order valence-electron chi connectivity index (χ0n) is 18.5. The van der Waals surface area contributed by atoms with Crippen LogP contribution in [0.4, 0.5) is 5.13 Å². The minimum absolute atomic E-state index is 0.000848. The zero-order valence-corrected chi connectivity index (χ0v) is 20.9. The third kappa shape index (κ3) is 5.21. The fraction of sp³-hybridized carbons (Fsp3) is 0.217. The van der Waals surface area contributed by atoms with E-state index in [1.165, 1.54) is 40.7 Å². The largest absolute Gasteiger partial charge is 0.467 e. The monoisotopic (exact) mass is 518 g/mol. The lowest BCUT2D eigenvalue weighted by Gasteiger charge is -2.19. The summed E-state index contributed by atoms with van der Waals surface area (Å²) in [6.07, 6.45) is 2.68. The third-order valence-corrected chi connectivity index (χ3v) is 9.12. The maximum atomic E-state index is 13.3. The summed E-state index contributed by atoms with van der Waals surface area (Å²) in [7, 11) is -6.70. The van der Waals surface area contributed by atoms with Gasteiger partial charge in [-0.05, 0) is 48.0 Å². The van der Waals surface area contributed by atoms with Crippen LogP contribution in [-0.2, 0) is 37.4 Å². The van der Waals surface area contributed by atoms with E-state index >= 15 is 0 Å². The summed E-state index contributed by atoms with van der Waals surface area (Å²) >= 11 is 1.21. The predicted octanol–water partition coefficient (Wildman–Crippen LogP) is 3.86. The van der Waals surface area contributed by atoms with Gasteiger partial charge in [-0.25, -0.2) is 21.8 Å². The third-order valence-electron chi connectivity index (χ3n) is 5.22. The molecule has 0 atom stereocenters. The van der Waals surface area contributed by atoms with Crippen molar-refractivity contribution in [2.24, 2.45) is 0 Å². The molecule has 0 fully saturated rings. The second-order valence-electron chi connectivity index (χ2n) is 7.68. The Morgan fingerprint density at radius 2 is 1.74 bits per heavy atom. The lowest BCUT2D eigenvalue weighted by Crippen LogP contribution is -2.31. The van der Waals surface area contributed by atoms with E-state index in [0.717, 1.165) is 6.26 Å². The fourth-order valence-electron chi connectivity index (χ4n) is 3.31. The Kier molecular flexibility index (Phi) is 6.61. The van der Waals surface area contributed by atoms with Crippen molar-refractivity contribution < 1.29 is 26.0 Å². The number of rotatable bonds is 8. The van der Waals surface area contributed by atoms with Crippen LogP contribution in [-0.4, -0.2) is 39.7 Å². The van der Waals surface area contributed by atoms with Crippen LogP contribution in [0, 0.1) is 0 Å². The molecule has 1 amide bonds. The van der Waals surface area contributed by atoms with Gasteiger partial charge in [-0.3, -0.25) is 9.69 Å². The first-order chi connectivity index (χ1) is 16.1. The summed E-state index contributed by atoms with van der Waals surface area (Å²) in [6, 6.07) is 14.4. The minimum Gasteiger partial charge on any atom is -0.467 e. The maximum absolute atomic E-state index is 13.3. The van der Waals surface area contributed by atoms with Gasteiger partial charge in [-0.2, -0.15) is 0 Å². The van der Waals surface area contributed by atoms with Gasteiger partial charge in [0.05, 0.1) is 45.0 Å². The molecule has 0 bridgehead atoms. The molecule has 2 heterocycles. The highest BCUT2D eigenvalue weighted by Crippen LogP contribution is 2.32. The standard InChI is InChI=1S/C23H22N2O6S3/c1-3-34(29,30)18-8-6-16(7-9-18)13-22(26)25(15-17-5-4-12-31-17)23-24-20-11-10-19(33(2,27)28)14-21(20)32-23/h4-12,14H,3,13,15H2,1-2H3. The summed E-state index contributed by atoms with van der Waals surface area (Å²) in [5, 5.41) is 0.409. The normalized spacial score (nSPS) is 12.2. The molecule has 8 nitrogen and oxygen atoms in total. The molecule has 0 aliphatic heterocycles.